The van der Waals surface area contributed by atoms with E-state index in [-0.39, 0.29) is 11.9 Å². The Balaban J connectivity index is 1.63. The number of amides is 1. The van der Waals surface area contributed by atoms with Crippen molar-refractivity contribution >= 4 is 45.1 Å². The van der Waals surface area contributed by atoms with E-state index in [0.717, 1.165) is 33.6 Å². The summed E-state index contributed by atoms with van der Waals surface area (Å²) in [7, 11) is 4.09. The molecule has 138 valence electrons. The zero-order valence-electron chi connectivity index (χ0n) is 15.0. The van der Waals surface area contributed by atoms with Gasteiger partial charge in [0.2, 0.25) is 0 Å². The molecule has 1 aromatic carbocycles. The minimum Gasteiger partial charge on any atom is -0.350 e. The second-order valence-corrected chi connectivity index (χ2v) is 9.43. The van der Waals surface area contributed by atoms with Crippen molar-refractivity contribution in [1.82, 2.24) is 10.2 Å². The third-order valence-electron chi connectivity index (χ3n) is 4.12. The Morgan fingerprint density at radius 2 is 2.15 bits per heavy atom. The molecule has 0 saturated heterocycles. The van der Waals surface area contributed by atoms with E-state index in [9.17, 15) is 4.79 Å². The highest BCUT2D eigenvalue weighted by Gasteiger charge is 2.18. The number of benzene rings is 1. The summed E-state index contributed by atoms with van der Waals surface area (Å²) in [5.41, 5.74) is 1.81. The lowest BCUT2D eigenvalue weighted by Crippen LogP contribution is -2.34. The number of aliphatic imine (C=N–C) groups is 1. The van der Waals surface area contributed by atoms with Gasteiger partial charge in [-0.25, -0.2) is 0 Å². The van der Waals surface area contributed by atoms with Crippen LogP contribution < -0.4 is 5.32 Å². The second-order valence-electron chi connectivity index (χ2n) is 6.15. The lowest BCUT2D eigenvalue weighted by atomic mass is 10.1. The Hall–Kier alpha value is -1.28. The van der Waals surface area contributed by atoms with E-state index in [1.165, 1.54) is 4.88 Å². The topological polar surface area (TPSA) is 44.7 Å². The van der Waals surface area contributed by atoms with E-state index < -0.39 is 0 Å². The van der Waals surface area contributed by atoms with Crippen LogP contribution in [0.4, 0.5) is 0 Å². The Morgan fingerprint density at radius 1 is 1.31 bits per heavy atom. The number of hydrogen-bond donors (Lipinski definition) is 1. The number of nitrogens with zero attached hydrogens (tertiary/aromatic N) is 2. The van der Waals surface area contributed by atoms with Crippen molar-refractivity contribution in [1.29, 1.82) is 0 Å². The molecule has 1 amide bonds. The summed E-state index contributed by atoms with van der Waals surface area (Å²) in [6, 6.07) is 12.2. The normalized spacial score (nSPS) is 15.1. The first kappa shape index (κ1) is 19.5. The van der Waals surface area contributed by atoms with Crippen LogP contribution in [0, 0.1) is 0 Å². The van der Waals surface area contributed by atoms with Crippen LogP contribution in [0.5, 0.6) is 0 Å². The molecule has 4 nitrogen and oxygen atoms in total. The number of thioether (sulfide) groups is 2. The molecule has 7 heteroatoms. The van der Waals surface area contributed by atoms with Crippen LogP contribution in [0.2, 0.25) is 0 Å². The molecule has 0 fully saturated rings. The van der Waals surface area contributed by atoms with Gasteiger partial charge in [0.15, 0.2) is 0 Å². The Morgan fingerprint density at radius 3 is 2.85 bits per heavy atom. The van der Waals surface area contributed by atoms with E-state index in [1.807, 2.05) is 38.4 Å². The van der Waals surface area contributed by atoms with Crippen molar-refractivity contribution in [3.05, 3.63) is 57.8 Å². The molecule has 0 saturated carbocycles. The fraction of sp³-hybridized carbons (Fsp3) is 0.368. The van der Waals surface area contributed by atoms with Gasteiger partial charge < -0.3 is 10.2 Å². The van der Waals surface area contributed by atoms with Crippen molar-refractivity contribution in [3.8, 4) is 0 Å². The average Bonchev–Trinajstić information content (AvgIpc) is 3.34. The van der Waals surface area contributed by atoms with Gasteiger partial charge in [-0.1, -0.05) is 47.8 Å². The van der Waals surface area contributed by atoms with E-state index in [0.29, 0.717) is 6.54 Å². The SMILES string of the molecule is CN(C)[C@H](CNC(=O)c1ccccc1CSC1=NCCS1)c1cccs1. The summed E-state index contributed by atoms with van der Waals surface area (Å²) < 4.78 is 1.13. The van der Waals surface area contributed by atoms with Crippen molar-refractivity contribution < 1.29 is 4.79 Å². The number of likely N-dealkylation sites (N-methyl/N-ethyl adjacent to an activating group) is 1. The van der Waals surface area contributed by atoms with Crippen LogP contribution in [0.25, 0.3) is 0 Å². The Labute approximate surface area is 167 Å². The highest BCUT2D eigenvalue weighted by Crippen LogP contribution is 2.27. The molecule has 2 heterocycles. The maximum absolute atomic E-state index is 12.8. The van der Waals surface area contributed by atoms with Gasteiger partial charge in [-0.3, -0.25) is 9.79 Å². The van der Waals surface area contributed by atoms with E-state index in [1.54, 1.807) is 34.9 Å². The molecule has 0 unspecified atom stereocenters. The summed E-state index contributed by atoms with van der Waals surface area (Å²) in [6.45, 7) is 1.50. The van der Waals surface area contributed by atoms with Crippen molar-refractivity contribution in [2.45, 2.75) is 11.8 Å². The van der Waals surface area contributed by atoms with Gasteiger partial charge in [-0.05, 0) is 37.2 Å². The van der Waals surface area contributed by atoms with Crippen LogP contribution in [0.1, 0.15) is 26.8 Å². The molecular formula is C19H23N3OS3. The minimum absolute atomic E-state index is 0.00869. The highest BCUT2D eigenvalue weighted by atomic mass is 32.2. The molecular weight excluding hydrogens is 382 g/mol. The molecule has 0 spiro atoms. The monoisotopic (exact) mass is 405 g/mol. The highest BCUT2D eigenvalue weighted by molar-refractivity contribution is 8.38. The molecule has 1 aromatic heterocycles. The molecule has 0 radical (unpaired) electrons. The zero-order chi connectivity index (χ0) is 18.4. The number of carbonyl (C=O) groups excluding carboxylic acids is 1. The predicted molar refractivity (Wildman–Crippen MR) is 116 cm³/mol. The number of thiophene rings is 1. The molecule has 1 N–H and O–H groups in total. The van der Waals surface area contributed by atoms with Crippen molar-refractivity contribution in [2.75, 3.05) is 32.9 Å². The quantitative estimate of drug-likeness (QED) is 0.753. The van der Waals surface area contributed by atoms with E-state index in [2.05, 4.69) is 32.7 Å². The van der Waals surface area contributed by atoms with E-state index >= 15 is 0 Å². The van der Waals surface area contributed by atoms with Crippen LogP contribution in [-0.4, -0.2) is 48.1 Å². The Kier molecular flexibility index (Phi) is 7.19. The van der Waals surface area contributed by atoms with Gasteiger partial charge in [-0.15, -0.1) is 11.3 Å². The average molecular weight is 406 g/mol. The maximum atomic E-state index is 12.8. The van der Waals surface area contributed by atoms with Crippen LogP contribution in [-0.2, 0) is 5.75 Å². The summed E-state index contributed by atoms with van der Waals surface area (Å²) in [5, 5.41) is 5.19. The fourth-order valence-electron chi connectivity index (χ4n) is 2.71. The minimum atomic E-state index is -0.00869. The summed E-state index contributed by atoms with van der Waals surface area (Å²) >= 11 is 5.24. The number of rotatable bonds is 7. The standard InChI is InChI=1S/C19H23N3OS3/c1-22(2)16(17-8-5-10-24-17)12-21-18(23)15-7-4-3-6-14(15)13-26-19-20-9-11-25-19/h3-8,10,16H,9,11-13H2,1-2H3,(H,21,23)/t16-/m1/s1. The fourth-order valence-corrected chi connectivity index (χ4v) is 5.65. The second kappa shape index (κ2) is 9.60. The number of hydrogen-bond acceptors (Lipinski definition) is 6. The molecule has 3 rings (SSSR count). The molecule has 1 aliphatic rings. The largest absolute Gasteiger partial charge is 0.350 e. The van der Waals surface area contributed by atoms with Gasteiger partial charge in [-0.2, -0.15) is 0 Å². The smallest absolute Gasteiger partial charge is 0.251 e. The van der Waals surface area contributed by atoms with Crippen LogP contribution >= 0.6 is 34.9 Å². The van der Waals surface area contributed by atoms with Gasteiger partial charge in [0.05, 0.1) is 12.6 Å². The number of carbonyl (C=O) groups is 1. The van der Waals surface area contributed by atoms with Crippen LogP contribution in [0.15, 0.2) is 46.8 Å². The van der Waals surface area contributed by atoms with Crippen LogP contribution in [0.3, 0.4) is 0 Å². The number of nitrogens with one attached hydrogen (secondary N) is 1. The molecule has 2 aromatic rings. The lowest BCUT2D eigenvalue weighted by molar-refractivity contribution is 0.0941. The van der Waals surface area contributed by atoms with Gasteiger partial charge in [0.25, 0.3) is 5.91 Å². The molecule has 26 heavy (non-hydrogen) atoms. The van der Waals surface area contributed by atoms with Crippen molar-refractivity contribution in [3.63, 3.8) is 0 Å². The predicted octanol–water partition coefficient (Wildman–Crippen LogP) is 4.12. The first-order valence-electron chi connectivity index (χ1n) is 8.51. The maximum Gasteiger partial charge on any atom is 0.251 e. The molecule has 1 aliphatic heterocycles. The molecule has 1 atom stereocenters. The van der Waals surface area contributed by atoms with Gasteiger partial charge in [0.1, 0.15) is 4.38 Å². The molecule has 0 aliphatic carbocycles. The first-order chi connectivity index (χ1) is 12.6. The lowest BCUT2D eigenvalue weighted by Gasteiger charge is -2.23. The van der Waals surface area contributed by atoms with Gasteiger partial charge >= 0.3 is 0 Å². The Bertz CT molecular complexity index is 759. The summed E-state index contributed by atoms with van der Waals surface area (Å²) in [6.07, 6.45) is 0. The first-order valence-corrected chi connectivity index (χ1v) is 11.4. The zero-order valence-corrected chi connectivity index (χ0v) is 17.4. The third kappa shape index (κ3) is 5.13. The summed E-state index contributed by atoms with van der Waals surface area (Å²) in [5.74, 6) is 1.84. The van der Waals surface area contributed by atoms with E-state index in [4.69, 9.17) is 0 Å². The molecule has 0 bridgehead atoms. The third-order valence-corrected chi connectivity index (χ3v) is 7.40. The van der Waals surface area contributed by atoms with Crippen molar-refractivity contribution in [2.24, 2.45) is 4.99 Å². The van der Waals surface area contributed by atoms with Gasteiger partial charge in [0, 0.05) is 28.5 Å². The summed E-state index contributed by atoms with van der Waals surface area (Å²) in [4.78, 5) is 20.7.